The largest absolute Gasteiger partial charge is 0.510 e. The van der Waals surface area contributed by atoms with E-state index in [1.165, 1.54) is 6.42 Å². The fourth-order valence-electron chi connectivity index (χ4n) is 2.14. The zero-order valence-electron chi connectivity index (χ0n) is 17.0. The summed E-state index contributed by atoms with van der Waals surface area (Å²) in [6, 6.07) is 17.6. The van der Waals surface area contributed by atoms with Gasteiger partial charge in [-0.25, -0.2) is 0 Å². The molecule has 2 rings (SSSR count). The van der Waals surface area contributed by atoms with Crippen molar-refractivity contribution in [3.63, 3.8) is 0 Å². The van der Waals surface area contributed by atoms with Crippen LogP contribution in [0.1, 0.15) is 51.2 Å². The molecule has 3 nitrogen and oxygen atoms in total. The van der Waals surface area contributed by atoms with Crippen LogP contribution in [0, 0.1) is 5.41 Å². The first-order chi connectivity index (χ1) is 13.0. The second-order valence-electron chi connectivity index (χ2n) is 6.04. The lowest BCUT2D eigenvalue weighted by Gasteiger charge is -2.04. The molecule has 0 aliphatic rings. The minimum atomic E-state index is 0.351. The van der Waals surface area contributed by atoms with Gasteiger partial charge in [-0.15, -0.1) is 12.6 Å². The van der Waals surface area contributed by atoms with E-state index in [0.29, 0.717) is 17.9 Å². The molecule has 2 aromatic carbocycles. The van der Waals surface area contributed by atoms with Gasteiger partial charge >= 0.3 is 0 Å². The third-order valence-electron chi connectivity index (χ3n) is 3.27. The number of hydrogen-bond donors (Lipinski definition) is 4. The highest BCUT2D eigenvalue weighted by molar-refractivity contribution is 7.80. The smallest absolute Gasteiger partial charge is 0.112 e. The van der Waals surface area contributed by atoms with Gasteiger partial charge in [-0.2, -0.15) is 0 Å². The first kappa shape index (κ1) is 24.8. The van der Waals surface area contributed by atoms with Crippen LogP contribution in [0.15, 0.2) is 71.5 Å². The van der Waals surface area contributed by atoms with Gasteiger partial charge in [0.05, 0.1) is 0 Å². The van der Waals surface area contributed by atoms with Crippen molar-refractivity contribution in [3.05, 3.63) is 77.7 Å². The lowest BCUT2D eigenvalue weighted by molar-refractivity contribution is 0.394. The summed E-state index contributed by atoms with van der Waals surface area (Å²) in [5.41, 5.74) is 2.76. The number of thiol groups is 1. The van der Waals surface area contributed by atoms with Gasteiger partial charge in [-0.05, 0) is 18.1 Å². The van der Waals surface area contributed by atoms with Crippen LogP contribution in [-0.4, -0.2) is 17.9 Å². The molecule has 0 spiro atoms. The average Bonchev–Trinajstić information content (AvgIpc) is 2.64. The van der Waals surface area contributed by atoms with Gasteiger partial charge < -0.3 is 15.8 Å². The van der Waals surface area contributed by atoms with Gasteiger partial charge in [0.25, 0.3) is 0 Å². The Labute approximate surface area is 170 Å². The van der Waals surface area contributed by atoms with E-state index in [9.17, 15) is 5.11 Å². The molecular formula is C23H34N2OS. The molecule has 0 radical (unpaired) electrons. The zero-order chi connectivity index (χ0) is 20.5. The van der Waals surface area contributed by atoms with E-state index in [1.807, 2.05) is 54.6 Å². The highest BCUT2D eigenvalue weighted by atomic mass is 32.1. The van der Waals surface area contributed by atoms with Crippen molar-refractivity contribution in [1.29, 1.82) is 5.41 Å². The first-order valence-corrected chi connectivity index (χ1v) is 9.89. The van der Waals surface area contributed by atoms with E-state index >= 15 is 0 Å². The zero-order valence-corrected chi connectivity index (χ0v) is 17.9. The number of nitrogens with one attached hydrogen (secondary N) is 2. The van der Waals surface area contributed by atoms with E-state index in [2.05, 4.69) is 38.7 Å². The van der Waals surface area contributed by atoms with E-state index in [4.69, 9.17) is 5.41 Å². The maximum atomic E-state index is 9.30. The van der Waals surface area contributed by atoms with Crippen LogP contribution < -0.4 is 5.32 Å². The summed E-state index contributed by atoms with van der Waals surface area (Å²) < 4.78 is 0. The molecule has 0 aliphatic carbocycles. The molecule has 0 aromatic heterocycles. The van der Waals surface area contributed by atoms with Gasteiger partial charge in [-0.3, -0.25) is 0 Å². The molecule has 0 unspecified atom stereocenters. The van der Waals surface area contributed by atoms with Crippen LogP contribution in [0.5, 0.6) is 0 Å². The molecule has 2 aromatic rings. The quantitative estimate of drug-likeness (QED) is 0.263. The van der Waals surface area contributed by atoms with Gasteiger partial charge in [-0.1, -0.05) is 82.1 Å². The molecule has 0 bridgehead atoms. The summed E-state index contributed by atoms with van der Waals surface area (Å²) >= 11 is 4.29. The number of hydrogen-bond acceptors (Lipinski definition) is 4. The molecule has 0 saturated carbocycles. The highest BCUT2D eigenvalue weighted by Crippen LogP contribution is 2.15. The predicted octanol–water partition coefficient (Wildman–Crippen LogP) is 6.41. The van der Waals surface area contributed by atoms with Crippen molar-refractivity contribution in [2.24, 2.45) is 0 Å². The average molecular weight is 387 g/mol. The van der Waals surface area contributed by atoms with Crippen LogP contribution >= 0.6 is 12.6 Å². The number of benzene rings is 2. The van der Waals surface area contributed by atoms with E-state index < -0.39 is 0 Å². The van der Waals surface area contributed by atoms with Crippen molar-refractivity contribution in [3.8, 4) is 0 Å². The second-order valence-corrected chi connectivity index (χ2v) is 6.52. The van der Waals surface area contributed by atoms with Crippen molar-refractivity contribution >= 4 is 18.3 Å². The summed E-state index contributed by atoms with van der Waals surface area (Å²) in [6.07, 6.45) is 5.27. The molecule has 4 heteroatoms. The van der Waals surface area contributed by atoms with Crippen molar-refractivity contribution < 1.29 is 5.11 Å². The maximum absolute atomic E-state index is 9.30. The van der Waals surface area contributed by atoms with Crippen molar-refractivity contribution in [1.82, 2.24) is 5.32 Å². The number of aliphatic hydroxyl groups excluding tert-OH is 1. The van der Waals surface area contributed by atoms with Crippen LogP contribution in [0.25, 0.3) is 0 Å². The maximum Gasteiger partial charge on any atom is 0.112 e. The molecule has 0 heterocycles. The predicted molar refractivity (Wildman–Crippen MR) is 121 cm³/mol. The van der Waals surface area contributed by atoms with E-state index in [1.54, 1.807) is 13.2 Å². The van der Waals surface area contributed by atoms with Crippen molar-refractivity contribution in [2.75, 3.05) is 7.05 Å². The Morgan fingerprint density at radius 3 is 2.11 bits per heavy atom. The molecule has 0 amide bonds. The molecule has 148 valence electrons. The molecule has 0 fully saturated rings. The fraction of sp³-hybridized carbons (Fsp3) is 0.348. The fourth-order valence-corrected chi connectivity index (χ4v) is 2.43. The summed E-state index contributed by atoms with van der Waals surface area (Å²) in [6.45, 7) is 6.33. The minimum Gasteiger partial charge on any atom is -0.510 e. The number of aliphatic hydroxyl groups is 1. The van der Waals surface area contributed by atoms with Crippen LogP contribution in [0.4, 0.5) is 0 Å². The standard InChI is InChI=1S/C10H13NO.C10H13NS.C3H8/c1-11-8-10(12)7-9-5-3-2-4-6-9;1-2-5-9(11)8-6-3-4-7-10(8)12;1-3-2/h2-6,8,11-12H,7H2,1H3;3-4,6-7,11-12H,2,5H2,1H3;3H2,1-2H3/b10-8-;;. The molecule has 0 saturated heterocycles. The van der Waals surface area contributed by atoms with Gasteiger partial charge in [0.2, 0.25) is 0 Å². The molecule has 0 aliphatic heterocycles. The van der Waals surface area contributed by atoms with Crippen LogP contribution in [0.3, 0.4) is 0 Å². The van der Waals surface area contributed by atoms with Crippen molar-refractivity contribution in [2.45, 2.75) is 51.3 Å². The summed E-state index contributed by atoms with van der Waals surface area (Å²) in [7, 11) is 1.77. The normalized spacial score (nSPS) is 10.0. The van der Waals surface area contributed by atoms with Crippen LogP contribution in [0.2, 0.25) is 0 Å². The topological polar surface area (TPSA) is 56.1 Å². The SMILES string of the molecule is CCC.CCCC(=N)c1ccccc1S.CN/C=C(\O)Cc1ccccc1. The van der Waals surface area contributed by atoms with Crippen LogP contribution in [-0.2, 0) is 6.42 Å². The van der Waals surface area contributed by atoms with E-state index in [-0.39, 0.29) is 0 Å². The summed E-state index contributed by atoms with van der Waals surface area (Å²) in [4.78, 5) is 0.899. The number of rotatable bonds is 6. The first-order valence-electron chi connectivity index (χ1n) is 9.44. The second kappa shape index (κ2) is 16.0. The Hall–Kier alpha value is -2.20. The monoisotopic (exact) mass is 386 g/mol. The Balaban J connectivity index is 0.000000438. The van der Waals surface area contributed by atoms with Gasteiger partial charge in [0, 0.05) is 35.8 Å². The lowest BCUT2D eigenvalue weighted by atomic mass is 10.1. The Morgan fingerprint density at radius 1 is 1.04 bits per heavy atom. The molecular weight excluding hydrogens is 352 g/mol. The Kier molecular flexibility index (Phi) is 14.7. The third-order valence-corrected chi connectivity index (χ3v) is 3.66. The molecule has 3 N–H and O–H groups in total. The summed E-state index contributed by atoms with van der Waals surface area (Å²) in [5.74, 6) is 0.351. The van der Waals surface area contributed by atoms with E-state index in [0.717, 1.165) is 28.9 Å². The lowest BCUT2D eigenvalue weighted by Crippen LogP contribution is -1.98. The number of allylic oxidation sites excluding steroid dienone is 1. The third kappa shape index (κ3) is 11.9. The Morgan fingerprint density at radius 2 is 1.59 bits per heavy atom. The minimum absolute atomic E-state index is 0.351. The van der Waals surface area contributed by atoms with Gasteiger partial charge in [0.1, 0.15) is 5.76 Å². The highest BCUT2D eigenvalue weighted by Gasteiger charge is 2.02. The molecule has 27 heavy (non-hydrogen) atoms. The molecule has 0 atom stereocenters. The van der Waals surface area contributed by atoms with Gasteiger partial charge in [0.15, 0.2) is 0 Å². The Bertz CT molecular complexity index is 669. The summed E-state index contributed by atoms with van der Waals surface area (Å²) in [5, 5.41) is 19.8.